The van der Waals surface area contributed by atoms with E-state index >= 15 is 0 Å². The lowest BCUT2D eigenvalue weighted by Crippen LogP contribution is -2.20. The van der Waals surface area contributed by atoms with Crippen molar-refractivity contribution in [3.8, 4) is 11.6 Å². The third-order valence-corrected chi connectivity index (χ3v) is 4.41. The highest BCUT2D eigenvalue weighted by molar-refractivity contribution is 5.59. The lowest BCUT2D eigenvalue weighted by molar-refractivity contribution is -0.139. The predicted octanol–water partition coefficient (Wildman–Crippen LogP) is 6.57. The van der Waals surface area contributed by atoms with Crippen LogP contribution in [-0.4, -0.2) is 16.5 Å². The molecule has 152 valence electrons. The van der Waals surface area contributed by atoms with Gasteiger partial charge in [0.2, 0.25) is 11.8 Å². The summed E-state index contributed by atoms with van der Waals surface area (Å²) in [6.07, 6.45) is -3.85. The number of hydrogen-bond acceptors (Lipinski definition) is 4. The molecular formula is C22H22F3N3O. The minimum atomic E-state index is -4.63. The second-order valence-electron chi connectivity index (χ2n) is 6.80. The highest BCUT2D eigenvalue weighted by atomic mass is 19.4. The van der Waals surface area contributed by atoms with Crippen LogP contribution in [0.5, 0.6) is 11.6 Å². The molecule has 1 heterocycles. The van der Waals surface area contributed by atoms with Crippen LogP contribution in [0.4, 0.5) is 24.8 Å². The van der Waals surface area contributed by atoms with Crippen molar-refractivity contribution in [3.05, 3.63) is 71.9 Å². The smallest absolute Gasteiger partial charge is 0.423 e. The molecule has 0 atom stereocenters. The number of rotatable bonds is 6. The number of halogens is 3. The summed E-state index contributed by atoms with van der Waals surface area (Å²) in [6, 6.07) is 16.1. The maximum atomic E-state index is 13.5. The van der Waals surface area contributed by atoms with E-state index in [-0.39, 0.29) is 11.7 Å². The number of hydrogen-bond donors (Lipinski definition) is 0. The molecule has 0 aliphatic heterocycles. The topological polar surface area (TPSA) is 38.2 Å². The van der Waals surface area contributed by atoms with Crippen molar-refractivity contribution in [2.45, 2.75) is 32.9 Å². The van der Waals surface area contributed by atoms with Crippen molar-refractivity contribution >= 4 is 11.6 Å². The molecule has 0 N–H and O–H groups in total. The van der Waals surface area contributed by atoms with E-state index in [0.29, 0.717) is 12.5 Å². The van der Waals surface area contributed by atoms with Crippen LogP contribution >= 0.6 is 0 Å². The molecule has 3 aromatic rings. The first-order chi connectivity index (χ1) is 13.8. The van der Waals surface area contributed by atoms with Crippen LogP contribution in [0, 0.1) is 0 Å². The number of para-hydroxylation sites is 1. The molecule has 7 heteroatoms. The fourth-order valence-electron chi connectivity index (χ4n) is 2.85. The van der Waals surface area contributed by atoms with Gasteiger partial charge in [-0.25, -0.2) is 4.98 Å². The molecule has 0 saturated carbocycles. The number of ether oxygens (including phenoxy) is 1. The third kappa shape index (κ3) is 4.85. The van der Waals surface area contributed by atoms with Gasteiger partial charge in [-0.3, -0.25) is 0 Å². The molecule has 2 aromatic carbocycles. The van der Waals surface area contributed by atoms with Crippen LogP contribution in [0.2, 0.25) is 0 Å². The van der Waals surface area contributed by atoms with Gasteiger partial charge < -0.3 is 9.64 Å². The average molecular weight is 401 g/mol. The summed E-state index contributed by atoms with van der Waals surface area (Å²) in [5, 5.41) is 0. The Kier molecular flexibility index (Phi) is 6.06. The van der Waals surface area contributed by atoms with Crippen molar-refractivity contribution in [1.82, 2.24) is 9.97 Å². The summed E-state index contributed by atoms with van der Waals surface area (Å²) in [7, 11) is 0. The van der Waals surface area contributed by atoms with Crippen LogP contribution in [0.25, 0.3) is 0 Å². The van der Waals surface area contributed by atoms with Gasteiger partial charge in [-0.05, 0) is 42.7 Å². The van der Waals surface area contributed by atoms with Gasteiger partial charge in [-0.2, -0.15) is 18.2 Å². The Morgan fingerprint density at radius 1 is 1.03 bits per heavy atom. The Bertz CT molecular complexity index is 959. The summed E-state index contributed by atoms with van der Waals surface area (Å²) >= 11 is 0. The lowest BCUT2D eigenvalue weighted by atomic mass is 10.0. The molecule has 1 aromatic heterocycles. The van der Waals surface area contributed by atoms with E-state index in [9.17, 15) is 13.2 Å². The van der Waals surface area contributed by atoms with E-state index in [2.05, 4.69) is 23.8 Å². The molecule has 4 nitrogen and oxygen atoms in total. The predicted molar refractivity (Wildman–Crippen MR) is 107 cm³/mol. The van der Waals surface area contributed by atoms with E-state index in [0.717, 1.165) is 17.4 Å². The van der Waals surface area contributed by atoms with Gasteiger partial charge in [0.05, 0.1) is 0 Å². The number of benzene rings is 2. The highest BCUT2D eigenvalue weighted by Gasteiger charge is 2.37. The zero-order valence-electron chi connectivity index (χ0n) is 16.4. The van der Waals surface area contributed by atoms with Crippen LogP contribution in [-0.2, 0) is 6.18 Å². The molecule has 0 aliphatic rings. The first kappa shape index (κ1) is 20.6. The van der Waals surface area contributed by atoms with Gasteiger partial charge in [0.15, 0.2) is 0 Å². The quantitative estimate of drug-likeness (QED) is 0.468. The number of alkyl halides is 3. The Labute approximate surface area is 168 Å². The van der Waals surface area contributed by atoms with Crippen molar-refractivity contribution in [3.63, 3.8) is 0 Å². The fraction of sp³-hybridized carbons (Fsp3) is 0.273. The maximum Gasteiger partial charge on any atom is 0.423 e. The zero-order valence-corrected chi connectivity index (χ0v) is 16.4. The van der Waals surface area contributed by atoms with E-state index in [1.54, 1.807) is 35.2 Å². The molecule has 0 amide bonds. The number of anilines is 2. The van der Waals surface area contributed by atoms with Crippen molar-refractivity contribution in [2.75, 3.05) is 11.4 Å². The summed E-state index contributed by atoms with van der Waals surface area (Å²) in [5.74, 6) is 0.214. The first-order valence-corrected chi connectivity index (χ1v) is 9.34. The number of aromatic nitrogens is 2. The molecule has 0 saturated heterocycles. The van der Waals surface area contributed by atoms with Gasteiger partial charge in [0, 0.05) is 18.4 Å². The Balaban J connectivity index is 2.04. The largest absolute Gasteiger partial charge is 0.438 e. The molecule has 0 radical (unpaired) electrons. The second-order valence-corrected chi connectivity index (χ2v) is 6.80. The third-order valence-electron chi connectivity index (χ3n) is 4.41. The summed E-state index contributed by atoms with van der Waals surface area (Å²) in [5.41, 5.74) is 0.912. The standard InChI is InChI=1S/C22H22F3N3O/c1-4-28(17-10-8-9-16(13-17)15(2)3)21-26-14-19(22(23,24)25)20(27-21)29-18-11-6-5-7-12-18/h5-15H,4H2,1-3H3. The lowest BCUT2D eigenvalue weighted by Gasteiger charge is -2.23. The molecule has 3 rings (SSSR count). The molecule has 29 heavy (non-hydrogen) atoms. The highest BCUT2D eigenvalue weighted by Crippen LogP contribution is 2.38. The Morgan fingerprint density at radius 2 is 1.76 bits per heavy atom. The van der Waals surface area contributed by atoms with Crippen LogP contribution in [0.1, 0.15) is 37.8 Å². The maximum absolute atomic E-state index is 13.5. The Hall–Kier alpha value is -3.09. The van der Waals surface area contributed by atoms with Crippen LogP contribution < -0.4 is 9.64 Å². The molecular weight excluding hydrogens is 379 g/mol. The van der Waals surface area contributed by atoms with Crippen LogP contribution in [0.3, 0.4) is 0 Å². The summed E-state index contributed by atoms with van der Waals surface area (Å²) < 4.78 is 45.8. The fourth-order valence-corrected chi connectivity index (χ4v) is 2.85. The van der Waals surface area contributed by atoms with Gasteiger partial charge in [0.1, 0.15) is 11.3 Å². The Morgan fingerprint density at radius 3 is 2.38 bits per heavy atom. The first-order valence-electron chi connectivity index (χ1n) is 9.34. The van der Waals surface area contributed by atoms with Crippen LogP contribution in [0.15, 0.2) is 60.8 Å². The molecule has 0 aliphatic carbocycles. The summed E-state index contributed by atoms with van der Waals surface area (Å²) in [6.45, 7) is 6.53. The normalized spacial score (nSPS) is 11.6. The van der Waals surface area contributed by atoms with Gasteiger partial charge in [-0.1, -0.05) is 44.2 Å². The van der Waals surface area contributed by atoms with Crippen molar-refractivity contribution in [1.29, 1.82) is 0 Å². The average Bonchev–Trinajstić information content (AvgIpc) is 2.69. The van der Waals surface area contributed by atoms with Gasteiger partial charge in [-0.15, -0.1) is 0 Å². The van der Waals surface area contributed by atoms with Gasteiger partial charge >= 0.3 is 6.18 Å². The van der Waals surface area contributed by atoms with E-state index in [1.807, 2.05) is 31.2 Å². The van der Waals surface area contributed by atoms with Crippen molar-refractivity contribution < 1.29 is 17.9 Å². The molecule has 0 fully saturated rings. The van der Waals surface area contributed by atoms with Gasteiger partial charge in [0.25, 0.3) is 0 Å². The zero-order chi connectivity index (χ0) is 21.0. The molecule has 0 bridgehead atoms. The SMILES string of the molecule is CCN(c1cccc(C(C)C)c1)c1ncc(C(F)(F)F)c(Oc2ccccc2)n1. The molecule has 0 unspecified atom stereocenters. The second kappa shape index (κ2) is 8.51. The van der Waals surface area contributed by atoms with E-state index in [1.165, 1.54) is 0 Å². The minimum absolute atomic E-state index is 0.146. The van der Waals surface area contributed by atoms with E-state index in [4.69, 9.17) is 4.74 Å². The summed E-state index contributed by atoms with van der Waals surface area (Å²) in [4.78, 5) is 9.87. The minimum Gasteiger partial charge on any atom is -0.438 e. The monoisotopic (exact) mass is 401 g/mol. The molecule has 0 spiro atoms. The van der Waals surface area contributed by atoms with E-state index < -0.39 is 17.6 Å². The number of nitrogens with zero attached hydrogens (tertiary/aromatic N) is 3. The van der Waals surface area contributed by atoms with Crippen molar-refractivity contribution in [2.24, 2.45) is 0 Å².